The number of halogens is 1. The number of benzene rings is 2. The van der Waals surface area contributed by atoms with Crippen molar-refractivity contribution in [2.75, 3.05) is 18.0 Å². The summed E-state index contributed by atoms with van der Waals surface area (Å²) in [5, 5.41) is 0. The molecule has 2 saturated heterocycles. The van der Waals surface area contributed by atoms with E-state index in [2.05, 4.69) is 4.98 Å². The van der Waals surface area contributed by atoms with Gasteiger partial charge >= 0.3 is 0 Å². The summed E-state index contributed by atoms with van der Waals surface area (Å²) in [6.45, 7) is 1.58. The predicted octanol–water partition coefficient (Wildman–Crippen LogP) is 1.80. The monoisotopic (exact) mass is 393 g/mol. The topological polar surface area (TPSA) is 70.5 Å². The molecule has 2 N–H and O–H groups in total. The van der Waals surface area contributed by atoms with Crippen molar-refractivity contribution >= 4 is 28.5 Å². The Bertz CT molecular complexity index is 1050. The van der Waals surface area contributed by atoms with Crippen LogP contribution in [0.3, 0.4) is 0 Å². The summed E-state index contributed by atoms with van der Waals surface area (Å²) < 4.78 is 14.1. The maximum Gasteiger partial charge on any atom is 0.292 e. The number of para-hydroxylation sites is 3. The SMILES string of the molecule is O=C1C[C@@H]([NH+]2CCC(c3nc4ccccc4[nH]3)CC2)C(=O)N1c1ccccc1F. The van der Waals surface area contributed by atoms with E-state index in [9.17, 15) is 14.0 Å². The van der Waals surface area contributed by atoms with Crippen molar-refractivity contribution in [1.82, 2.24) is 9.97 Å². The van der Waals surface area contributed by atoms with Crippen molar-refractivity contribution in [2.24, 2.45) is 0 Å². The van der Waals surface area contributed by atoms with Crippen molar-refractivity contribution in [2.45, 2.75) is 31.2 Å². The van der Waals surface area contributed by atoms with Crippen LogP contribution in [0.1, 0.15) is 31.0 Å². The molecule has 0 radical (unpaired) electrons. The average molecular weight is 393 g/mol. The number of hydrogen-bond acceptors (Lipinski definition) is 3. The van der Waals surface area contributed by atoms with Crippen LogP contribution in [0.4, 0.5) is 10.1 Å². The van der Waals surface area contributed by atoms with E-state index in [4.69, 9.17) is 4.98 Å². The minimum Gasteiger partial charge on any atom is -0.342 e. The molecular weight excluding hydrogens is 371 g/mol. The normalized spacial score (nSPS) is 25.1. The van der Waals surface area contributed by atoms with Gasteiger partial charge < -0.3 is 9.88 Å². The Morgan fingerprint density at radius 1 is 1.03 bits per heavy atom. The number of nitrogens with one attached hydrogen (secondary N) is 2. The van der Waals surface area contributed by atoms with Crippen molar-refractivity contribution in [3.63, 3.8) is 0 Å². The van der Waals surface area contributed by atoms with E-state index in [1.54, 1.807) is 12.1 Å². The van der Waals surface area contributed by atoms with Crippen LogP contribution >= 0.6 is 0 Å². The molecule has 0 bridgehead atoms. The molecule has 0 spiro atoms. The molecule has 3 heterocycles. The van der Waals surface area contributed by atoms with Gasteiger partial charge in [0, 0.05) is 18.8 Å². The van der Waals surface area contributed by atoms with Crippen LogP contribution < -0.4 is 9.80 Å². The molecule has 2 fully saturated rings. The fourth-order valence-electron chi connectivity index (χ4n) is 4.61. The summed E-state index contributed by atoms with van der Waals surface area (Å²) in [6, 6.07) is 13.5. The van der Waals surface area contributed by atoms with Gasteiger partial charge in [0.1, 0.15) is 11.6 Å². The molecule has 3 aromatic rings. The van der Waals surface area contributed by atoms with Gasteiger partial charge in [0.25, 0.3) is 5.91 Å². The molecular formula is C22H22FN4O2+. The fourth-order valence-corrected chi connectivity index (χ4v) is 4.61. The van der Waals surface area contributed by atoms with Crippen LogP contribution in [-0.2, 0) is 9.59 Å². The third-order valence-corrected chi connectivity index (χ3v) is 6.16. The summed E-state index contributed by atoms with van der Waals surface area (Å²) >= 11 is 0. The second kappa shape index (κ2) is 7.08. The van der Waals surface area contributed by atoms with Crippen LogP contribution in [0.25, 0.3) is 11.0 Å². The van der Waals surface area contributed by atoms with Gasteiger partial charge in [-0.1, -0.05) is 24.3 Å². The molecule has 5 rings (SSSR count). The van der Waals surface area contributed by atoms with Gasteiger partial charge in [0.2, 0.25) is 5.91 Å². The predicted molar refractivity (Wildman–Crippen MR) is 106 cm³/mol. The van der Waals surface area contributed by atoms with E-state index < -0.39 is 11.9 Å². The second-order valence-corrected chi connectivity index (χ2v) is 7.85. The molecule has 7 heteroatoms. The number of piperidine rings is 1. The number of imidazole rings is 1. The first-order valence-corrected chi connectivity index (χ1v) is 10.0. The molecule has 2 aliphatic heterocycles. The Morgan fingerprint density at radius 3 is 2.52 bits per heavy atom. The number of rotatable bonds is 3. The summed E-state index contributed by atoms with van der Waals surface area (Å²) in [5.74, 6) is 0.149. The molecule has 2 aliphatic rings. The van der Waals surface area contributed by atoms with Gasteiger partial charge in [0.05, 0.1) is 36.2 Å². The van der Waals surface area contributed by atoms with Crippen LogP contribution in [0.15, 0.2) is 48.5 Å². The highest BCUT2D eigenvalue weighted by molar-refractivity contribution is 6.21. The Morgan fingerprint density at radius 2 is 1.76 bits per heavy atom. The van der Waals surface area contributed by atoms with Gasteiger partial charge in [-0.2, -0.15) is 0 Å². The van der Waals surface area contributed by atoms with Gasteiger partial charge in [-0.15, -0.1) is 0 Å². The number of aromatic amines is 1. The van der Waals surface area contributed by atoms with E-state index in [0.29, 0.717) is 5.92 Å². The number of carbonyl (C=O) groups is 2. The molecule has 6 nitrogen and oxygen atoms in total. The number of anilines is 1. The lowest BCUT2D eigenvalue weighted by Crippen LogP contribution is -3.17. The zero-order chi connectivity index (χ0) is 20.0. The summed E-state index contributed by atoms with van der Waals surface area (Å²) in [7, 11) is 0. The maximum absolute atomic E-state index is 14.1. The van der Waals surface area contributed by atoms with Crippen molar-refractivity contribution in [3.05, 3.63) is 60.2 Å². The number of likely N-dealkylation sites (tertiary alicyclic amines) is 1. The van der Waals surface area contributed by atoms with E-state index >= 15 is 0 Å². The lowest BCUT2D eigenvalue weighted by atomic mass is 9.95. The van der Waals surface area contributed by atoms with Crippen LogP contribution in [0.2, 0.25) is 0 Å². The molecule has 2 aromatic carbocycles. The van der Waals surface area contributed by atoms with Crippen LogP contribution in [0.5, 0.6) is 0 Å². The van der Waals surface area contributed by atoms with Crippen molar-refractivity contribution < 1.29 is 18.9 Å². The van der Waals surface area contributed by atoms with Crippen LogP contribution in [0, 0.1) is 5.82 Å². The number of fused-ring (bicyclic) bond motifs is 1. The summed E-state index contributed by atoms with van der Waals surface area (Å²) in [5.41, 5.74) is 2.06. The second-order valence-electron chi connectivity index (χ2n) is 7.85. The first kappa shape index (κ1) is 18.0. The zero-order valence-corrected chi connectivity index (χ0v) is 15.9. The average Bonchev–Trinajstić information content (AvgIpc) is 3.30. The van der Waals surface area contributed by atoms with Gasteiger partial charge in [-0.3, -0.25) is 9.59 Å². The first-order valence-electron chi connectivity index (χ1n) is 10.0. The molecule has 0 aliphatic carbocycles. The van der Waals surface area contributed by atoms with E-state index in [1.165, 1.54) is 12.1 Å². The molecule has 1 atom stereocenters. The lowest BCUT2D eigenvalue weighted by Gasteiger charge is -2.31. The fraction of sp³-hybridized carbons (Fsp3) is 0.318. The highest BCUT2D eigenvalue weighted by atomic mass is 19.1. The van der Waals surface area contributed by atoms with E-state index in [1.807, 2.05) is 24.3 Å². The Labute approximate surface area is 167 Å². The van der Waals surface area contributed by atoms with E-state index in [-0.39, 0.29) is 23.9 Å². The molecule has 2 amide bonds. The largest absolute Gasteiger partial charge is 0.342 e. The molecule has 148 valence electrons. The molecule has 0 saturated carbocycles. The minimum absolute atomic E-state index is 0.0570. The quantitative estimate of drug-likeness (QED) is 0.667. The maximum atomic E-state index is 14.1. The van der Waals surface area contributed by atoms with Crippen molar-refractivity contribution in [1.29, 1.82) is 0 Å². The molecule has 29 heavy (non-hydrogen) atoms. The number of nitrogens with zero attached hydrogens (tertiary/aromatic N) is 2. The highest BCUT2D eigenvalue weighted by Gasteiger charge is 2.47. The summed E-state index contributed by atoms with van der Waals surface area (Å²) in [4.78, 5) is 35.7. The lowest BCUT2D eigenvalue weighted by molar-refractivity contribution is -0.920. The van der Waals surface area contributed by atoms with E-state index in [0.717, 1.165) is 52.6 Å². The van der Waals surface area contributed by atoms with Crippen molar-refractivity contribution in [3.8, 4) is 0 Å². The Kier molecular flexibility index (Phi) is 4.39. The first-order chi connectivity index (χ1) is 14.1. The third-order valence-electron chi connectivity index (χ3n) is 6.16. The number of imide groups is 1. The van der Waals surface area contributed by atoms with Gasteiger partial charge in [0.15, 0.2) is 6.04 Å². The smallest absolute Gasteiger partial charge is 0.292 e. The number of hydrogen-bond donors (Lipinski definition) is 2. The minimum atomic E-state index is -0.548. The number of carbonyl (C=O) groups excluding carboxylic acids is 2. The van der Waals surface area contributed by atoms with Gasteiger partial charge in [-0.25, -0.2) is 14.3 Å². The Hall–Kier alpha value is -3.06. The number of aromatic nitrogens is 2. The van der Waals surface area contributed by atoms with Gasteiger partial charge in [-0.05, 0) is 24.3 Å². The highest BCUT2D eigenvalue weighted by Crippen LogP contribution is 2.27. The summed E-state index contributed by atoms with van der Waals surface area (Å²) in [6.07, 6.45) is 1.93. The number of H-pyrrole nitrogens is 1. The standard InChI is InChI=1S/C22H21FN4O2/c23-15-5-1-4-8-18(15)27-20(28)13-19(22(27)29)26-11-9-14(10-12-26)21-24-16-6-2-3-7-17(16)25-21/h1-8,14,19H,9-13H2,(H,24,25)/p+1/t19-/m1/s1. The third kappa shape index (κ3) is 3.11. The number of quaternary nitrogens is 1. The number of amides is 2. The zero-order valence-electron chi connectivity index (χ0n) is 15.9. The Balaban J connectivity index is 1.29. The molecule has 1 aromatic heterocycles. The molecule has 0 unspecified atom stereocenters. The van der Waals surface area contributed by atoms with Crippen LogP contribution in [-0.4, -0.2) is 40.9 Å².